The van der Waals surface area contributed by atoms with Gasteiger partial charge in [-0.05, 0) is 18.2 Å². The maximum atomic E-state index is 13.5. The molecule has 0 amide bonds. The van der Waals surface area contributed by atoms with Gasteiger partial charge < -0.3 is 5.21 Å². The van der Waals surface area contributed by atoms with Gasteiger partial charge in [0.05, 0.1) is 0 Å². The maximum absolute atomic E-state index is 13.5. The standard InChI is InChI=1S/C12H8Cl2FNOS/c13-8-4-5-12(16(17)6-8)18-7-9-10(14)2-1-3-11(9)15/h1-6H,7H2. The number of hydrogen-bond donors (Lipinski definition) is 0. The largest absolute Gasteiger partial charge is 0.618 e. The highest BCUT2D eigenvalue weighted by Gasteiger charge is 2.11. The van der Waals surface area contributed by atoms with Crippen LogP contribution in [0.5, 0.6) is 0 Å². The molecule has 0 unspecified atom stereocenters. The van der Waals surface area contributed by atoms with Crippen molar-refractivity contribution >= 4 is 35.0 Å². The highest BCUT2D eigenvalue weighted by atomic mass is 35.5. The van der Waals surface area contributed by atoms with Gasteiger partial charge >= 0.3 is 0 Å². The van der Waals surface area contributed by atoms with Gasteiger partial charge in [-0.1, -0.05) is 41.0 Å². The van der Waals surface area contributed by atoms with Crippen molar-refractivity contribution in [2.24, 2.45) is 0 Å². The molecule has 0 fully saturated rings. The Hall–Kier alpha value is -0.970. The summed E-state index contributed by atoms with van der Waals surface area (Å²) in [6.45, 7) is 0. The fourth-order valence-electron chi connectivity index (χ4n) is 1.37. The Balaban J connectivity index is 2.16. The van der Waals surface area contributed by atoms with Crippen LogP contribution in [-0.4, -0.2) is 0 Å². The molecule has 0 aliphatic heterocycles. The van der Waals surface area contributed by atoms with E-state index >= 15 is 0 Å². The van der Waals surface area contributed by atoms with Crippen LogP contribution in [0.4, 0.5) is 4.39 Å². The summed E-state index contributed by atoms with van der Waals surface area (Å²) >= 11 is 12.8. The summed E-state index contributed by atoms with van der Waals surface area (Å²) in [5.74, 6) is -0.0866. The van der Waals surface area contributed by atoms with Crippen molar-refractivity contribution in [2.45, 2.75) is 10.8 Å². The van der Waals surface area contributed by atoms with Crippen LogP contribution in [0.15, 0.2) is 41.6 Å². The fourth-order valence-corrected chi connectivity index (χ4v) is 2.76. The molecule has 0 saturated carbocycles. The number of benzene rings is 1. The molecule has 2 nitrogen and oxygen atoms in total. The topological polar surface area (TPSA) is 26.9 Å². The van der Waals surface area contributed by atoms with Gasteiger partial charge in [0, 0.05) is 22.4 Å². The van der Waals surface area contributed by atoms with Gasteiger partial charge in [0.1, 0.15) is 10.8 Å². The number of pyridine rings is 1. The van der Waals surface area contributed by atoms with E-state index in [1.54, 1.807) is 24.3 Å². The number of nitrogens with zero attached hydrogens (tertiary/aromatic N) is 1. The molecule has 6 heteroatoms. The lowest BCUT2D eigenvalue weighted by molar-refractivity contribution is -0.645. The molecule has 0 atom stereocenters. The molecule has 0 N–H and O–H groups in total. The minimum atomic E-state index is -0.374. The minimum Gasteiger partial charge on any atom is -0.618 e. The third-order valence-corrected chi connectivity index (χ3v) is 3.89. The maximum Gasteiger partial charge on any atom is 0.251 e. The Kier molecular flexibility index (Phi) is 4.32. The number of hydrogen-bond acceptors (Lipinski definition) is 2. The predicted molar refractivity (Wildman–Crippen MR) is 71.4 cm³/mol. The minimum absolute atomic E-state index is 0.287. The van der Waals surface area contributed by atoms with Crippen LogP contribution in [0.3, 0.4) is 0 Å². The van der Waals surface area contributed by atoms with Gasteiger partial charge in [0.2, 0.25) is 0 Å². The summed E-state index contributed by atoms with van der Waals surface area (Å²) in [5.41, 5.74) is 0.388. The zero-order chi connectivity index (χ0) is 13.1. The van der Waals surface area contributed by atoms with E-state index in [9.17, 15) is 9.60 Å². The first-order valence-electron chi connectivity index (χ1n) is 5.02. The van der Waals surface area contributed by atoms with Crippen molar-refractivity contribution in [2.75, 3.05) is 0 Å². The van der Waals surface area contributed by atoms with Crippen molar-refractivity contribution in [1.82, 2.24) is 0 Å². The fraction of sp³-hybridized carbons (Fsp3) is 0.0833. The molecule has 1 aromatic carbocycles. The van der Waals surface area contributed by atoms with E-state index in [0.29, 0.717) is 25.4 Å². The van der Waals surface area contributed by atoms with Crippen LogP contribution < -0.4 is 4.73 Å². The molecular formula is C12H8Cl2FNOS. The average molecular weight is 304 g/mol. The molecule has 2 rings (SSSR count). The number of aromatic nitrogens is 1. The summed E-state index contributed by atoms with van der Waals surface area (Å²) in [4.78, 5) is 0. The Morgan fingerprint density at radius 3 is 2.67 bits per heavy atom. The third kappa shape index (κ3) is 3.07. The van der Waals surface area contributed by atoms with E-state index in [0.717, 1.165) is 0 Å². The summed E-state index contributed by atoms with van der Waals surface area (Å²) in [7, 11) is 0. The molecule has 1 heterocycles. The lowest BCUT2D eigenvalue weighted by Crippen LogP contribution is -2.28. The zero-order valence-electron chi connectivity index (χ0n) is 9.07. The first-order chi connectivity index (χ1) is 8.58. The molecular weight excluding hydrogens is 296 g/mol. The monoisotopic (exact) mass is 303 g/mol. The van der Waals surface area contributed by atoms with E-state index in [-0.39, 0.29) is 11.6 Å². The van der Waals surface area contributed by atoms with Crippen LogP contribution in [0, 0.1) is 11.0 Å². The van der Waals surface area contributed by atoms with Crippen molar-refractivity contribution in [3.05, 3.63) is 63.2 Å². The normalized spacial score (nSPS) is 10.6. The van der Waals surface area contributed by atoms with Crippen molar-refractivity contribution in [1.29, 1.82) is 0 Å². The first-order valence-corrected chi connectivity index (χ1v) is 6.76. The molecule has 18 heavy (non-hydrogen) atoms. The molecule has 94 valence electrons. The molecule has 1 aromatic heterocycles. The van der Waals surface area contributed by atoms with Crippen LogP contribution in [0.25, 0.3) is 0 Å². The lowest BCUT2D eigenvalue weighted by atomic mass is 10.2. The Morgan fingerprint density at radius 1 is 1.22 bits per heavy atom. The second kappa shape index (κ2) is 5.78. The molecule has 0 radical (unpaired) electrons. The smallest absolute Gasteiger partial charge is 0.251 e. The van der Waals surface area contributed by atoms with Crippen molar-refractivity contribution in [3.8, 4) is 0 Å². The molecule has 2 aromatic rings. The second-order valence-corrected chi connectivity index (χ2v) is 5.34. The Bertz CT molecular complexity index is 560. The van der Waals surface area contributed by atoms with E-state index in [4.69, 9.17) is 23.2 Å². The molecule has 0 bridgehead atoms. The van der Waals surface area contributed by atoms with Gasteiger partial charge in [0.15, 0.2) is 6.20 Å². The molecule has 0 spiro atoms. The third-order valence-electron chi connectivity index (χ3n) is 2.27. The highest BCUT2D eigenvalue weighted by Crippen LogP contribution is 2.27. The number of thioether (sulfide) groups is 1. The van der Waals surface area contributed by atoms with Gasteiger partial charge in [-0.2, -0.15) is 4.73 Å². The summed E-state index contributed by atoms with van der Waals surface area (Å²) < 4.78 is 14.2. The molecule has 0 aliphatic rings. The lowest BCUT2D eigenvalue weighted by Gasteiger charge is -2.06. The van der Waals surface area contributed by atoms with Crippen molar-refractivity contribution in [3.63, 3.8) is 0 Å². The summed E-state index contributed by atoms with van der Waals surface area (Å²) in [6, 6.07) is 7.71. The SMILES string of the molecule is [O-][n+]1cc(Cl)ccc1SCc1c(F)cccc1Cl. The quantitative estimate of drug-likeness (QED) is 0.486. The van der Waals surface area contributed by atoms with Gasteiger partial charge in [-0.25, -0.2) is 4.39 Å². The Morgan fingerprint density at radius 2 is 2.00 bits per heavy atom. The van der Waals surface area contributed by atoms with E-state index < -0.39 is 0 Å². The van der Waals surface area contributed by atoms with Crippen LogP contribution in [0.2, 0.25) is 10.0 Å². The number of rotatable bonds is 3. The Labute approximate surface area is 118 Å². The van der Waals surface area contributed by atoms with E-state index in [1.807, 2.05) is 0 Å². The van der Waals surface area contributed by atoms with Crippen LogP contribution in [-0.2, 0) is 5.75 Å². The molecule has 0 aliphatic carbocycles. The molecule has 0 saturated heterocycles. The van der Waals surface area contributed by atoms with Gasteiger partial charge in [0.25, 0.3) is 5.03 Å². The van der Waals surface area contributed by atoms with Crippen LogP contribution in [0.1, 0.15) is 5.56 Å². The second-order valence-electron chi connectivity index (χ2n) is 3.50. The van der Waals surface area contributed by atoms with Crippen LogP contribution >= 0.6 is 35.0 Å². The zero-order valence-corrected chi connectivity index (χ0v) is 11.4. The van der Waals surface area contributed by atoms with E-state index in [2.05, 4.69) is 0 Å². The average Bonchev–Trinajstić information content (AvgIpc) is 2.31. The van der Waals surface area contributed by atoms with Gasteiger partial charge in [-0.15, -0.1) is 0 Å². The first kappa shape index (κ1) is 13.5. The highest BCUT2D eigenvalue weighted by molar-refractivity contribution is 7.98. The number of halogens is 3. The van der Waals surface area contributed by atoms with Gasteiger partial charge in [-0.3, -0.25) is 0 Å². The van der Waals surface area contributed by atoms with E-state index in [1.165, 1.54) is 24.0 Å². The summed E-state index contributed by atoms with van der Waals surface area (Å²) in [5, 5.41) is 12.7. The predicted octanol–water partition coefficient (Wildman–Crippen LogP) is 4.06. The van der Waals surface area contributed by atoms with Crippen molar-refractivity contribution < 1.29 is 9.12 Å². The summed E-state index contributed by atoms with van der Waals surface area (Å²) in [6.07, 6.45) is 1.26.